The average Bonchev–Trinajstić information content (AvgIpc) is 0.787. The van der Waals surface area contributed by atoms with Crippen LogP contribution >= 0.6 is 162 Å². The quantitative estimate of drug-likeness (QED) is 0.0262. The Morgan fingerprint density at radius 2 is 0.263 bits per heavy atom. The molecule has 0 aromatic carbocycles. The Morgan fingerprint density at radius 1 is 0.165 bits per heavy atom. The summed E-state index contributed by atoms with van der Waals surface area (Å²) in [4.78, 5) is 191. The molecule has 21 rings (SSSR count). The molecule has 49 nitrogen and oxygen atoms in total. The van der Waals surface area contributed by atoms with Gasteiger partial charge in [0.15, 0.2) is 44.0 Å². The molecule has 0 radical (unpaired) electrons. The van der Waals surface area contributed by atoms with Crippen molar-refractivity contribution in [1.29, 1.82) is 0 Å². The lowest BCUT2D eigenvalue weighted by molar-refractivity contribution is -0.369. The monoisotopic (exact) mass is 2180 g/mol. The molecule has 14 amide bonds. The topological polar surface area (TPSA) is 678 Å². The first kappa shape index (κ1) is 114. The lowest BCUT2D eigenvalue weighted by Crippen LogP contribution is -2.73. The molecule has 133 heavy (non-hydrogen) atoms. The third-order valence-electron chi connectivity index (χ3n) is 21.3. The molecule has 0 saturated carbocycles. The van der Waals surface area contributed by atoms with Crippen LogP contribution in [0.25, 0.3) is 0 Å². The lowest BCUT2D eigenvalue weighted by Gasteiger charge is -2.52. The van der Waals surface area contributed by atoms with Crippen LogP contribution in [0.5, 0.6) is 0 Å². The molecule has 0 unspecified atom stereocenters. The summed E-state index contributed by atoms with van der Waals surface area (Å²) < 4.78 is 91.2. The second-order valence-corrected chi connectivity index (χ2v) is 33.8. The number of carbonyl (C=O) groups is 14. The predicted molar refractivity (Wildman–Crippen MR) is 461 cm³/mol. The van der Waals surface area contributed by atoms with Gasteiger partial charge in [0.25, 0.3) is 0 Å². The van der Waals surface area contributed by atoms with Crippen LogP contribution in [0.4, 0.5) is 0 Å². The van der Waals surface area contributed by atoms with Gasteiger partial charge >= 0.3 is 0 Å². The minimum Gasteiger partial charge on any atom is -0.386 e. The Labute approximate surface area is 825 Å². The van der Waals surface area contributed by atoms with E-state index in [1.165, 1.54) is 0 Å². The average molecular weight is 2190 g/mol. The van der Waals surface area contributed by atoms with Gasteiger partial charge in [-0.3, -0.25) is 67.1 Å². The fraction of sp³-hybridized carbons (Fsp3) is 0.800. The molecule has 21 saturated heterocycles. The van der Waals surface area contributed by atoms with Gasteiger partial charge in [-0.1, -0.05) is 0 Å². The maximum absolute atomic E-state index is 13.9. The van der Waals surface area contributed by atoms with Gasteiger partial charge in [-0.15, -0.1) is 162 Å². The van der Waals surface area contributed by atoms with Gasteiger partial charge in [0.05, 0.1) is 42.3 Å². The summed E-state index contributed by atoms with van der Waals surface area (Å²) in [5, 5.41) is 125. The first-order valence-electron chi connectivity index (χ1n) is 40.1. The molecule has 756 valence electrons. The highest BCUT2D eigenvalue weighted by Gasteiger charge is 2.62. The van der Waals surface area contributed by atoms with Gasteiger partial charge in [-0.2, -0.15) is 0 Å². The molecular weight excluding hydrogens is 2090 g/mol. The fourth-order valence-electron chi connectivity index (χ4n) is 15.3. The number of halogens is 14. The molecule has 0 aromatic rings. The van der Waals surface area contributed by atoms with Crippen LogP contribution in [0.2, 0.25) is 0 Å². The second kappa shape index (κ2) is 55.9. The second-order valence-electron chi connectivity index (χ2n) is 30.1. The molecule has 21 N–H and O–H groups in total. The van der Waals surface area contributed by atoms with Crippen molar-refractivity contribution in [1.82, 2.24) is 74.4 Å². The van der Waals surface area contributed by atoms with Gasteiger partial charge in [0.1, 0.15) is 211 Å². The summed E-state index contributed by atoms with van der Waals surface area (Å²) in [5.74, 6) is -26.5. The highest BCUT2D eigenvalue weighted by molar-refractivity contribution is 6.31. The van der Waals surface area contributed by atoms with E-state index in [0.717, 1.165) is 0 Å². The Hall–Kier alpha value is -4.20. The molecule has 14 bridgehead atoms. The smallest absolute Gasteiger partial charge is 0.235 e. The van der Waals surface area contributed by atoms with Gasteiger partial charge in [-0.05, 0) is 0 Å². The van der Waals surface area contributed by atoms with E-state index in [-0.39, 0.29) is 0 Å². The third-order valence-corrected chi connectivity index (χ3v) is 24.7. The highest BCUT2D eigenvalue weighted by atomic mass is 35.5. The molecule has 21 fully saturated rings. The van der Waals surface area contributed by atoms with Crippen molar-refractivity contribution in [2.45, 2.75) is 215 Å². The van der Waals surface area contributed by atoms with Crippen molar-refractivity contribution in [3.8, 4) is 0 Å². The van der Waals surface area contributed by atoms with E-state index in [1.54, 1.807) is 0 Å². The van der Waals surface area contributed by atoms with Crippen LogP contribution in [0.1, 0.15) is 0 Å². The predicted octanol–water partition coefficient (Wildman–Crippen LogP) is -10.2. The number of carbonyl (C=O) groups excluding carboxylic acids is 14. The van der Waals surface area contributed by atoms with Crippen molar-refractivity contribution >= 4 is 245 Å². The minimum absolute atomic E-state index is 0.771. The molecule has 21 aliphatic heterocycles. The standard InChI is InChI=1S/C70H98Cl14N14O35/c71-1-29(99)85-15-22-57-43(92-36(106)8-78)50(113)64(120-22)128-58-23(16-86-30(100)2-72)122-66(52(115)45(58)94-38(108)10-80)130-60-25(18-88-32(102)4-74)124-68(54(117)47(60)96-40(110)12-82)132-62-27(20-90-34(104)6-76)126-70(56(119)49(62)98-42(112)14-84)133-63-28(21-91-35(105)7-77)125-69(55(118)48(63)97-41(111)13-83)131-61-26(19-89-33(103)5-75)123-67(53(116)46(61)95-39(109)11-81)129-59-24(17-87-31(101)3-73)121-65(127-57)51(114)44(59)93-37(107)9-79/h22-28,43-70,113-119H,1-21H2,(H,85,99)(H,86,100)(H,87,101)(H,88,102)(H,89,103)(H,90,104)(H,91,105)(H,92,106)(H,93,107)(H,94,108)(H,95,109)(H,96,110)(H,97,111)(H,98,112)/t22-,23-,24-,25-,26-,27-,28-,43+,44+,45+,46+,47+,48+,49+,50+,51+,52+,53+,54+,55+,56+,57-,58-,59-,60-,61-,62-,63-,64-,65-,66-,67-,68-,69-,70-/m1/s1. The summed E-state index contributed by atoms with van der Waals surface area (Å²) >= 11 is 84.9. The van der Waals surface area contributed by atoms with Crippen molar-refractivity contribution in [3.63, 3.8) is 0 Å². The van der Waals surface area contributed by atoms with Crippen LogP contribution in [0, 0.1) is 0 Å². The number of rotatable bonds is 35. The molecule has 21 aliphatic rings. The van der Waals surface area contributed by atoms with Crippen molar-refractivity contribution in [2.24, 2.45) is 0 Å². The van der Waals surface area contributed by atoms with E-state index < -0.39 is 425 Å². The Kier molecular flexibility index (Phi) is 47.9. The Morgan fingerprint density at radius 3 is 0.353 bits per heavy atom. The SMILES string of the molecule is O=C(CCl)NC[C@H]1O[C@@H]2O[C@H]3[C@@H](NC(=O)CCl)[C@H](O)[C@@H](O[C@H]4[C@@H](NC(=O)CCl)[C@H](O)[C@@H](O[C@H]5[C@@H](NC(=O)CCl)[C@H](O)[C@@H](O[C@H]6[C@@H](NC(=O)CCl)[C@H](O)[C@@H](O[C@H]7[C@@H](NC(=O)CCl)[C@H](O)[C@@H](O[C@H]8[C@@H](NC(=O)CCl)[C@H](O)[C@@H](O[C@H]1[C@@H](NC(=O)CCl)[C@@H]2O)O[C@@H]8CNC(=O)CCl)O[C@@H]7CNC(=O)CCl)O[C@@H]6CNC(=O)CCl)O[C@@H]5CNC(=O)CCl)O[C@@H]4CNC(=O)CCl)O[C@@H]3CNC(=O)CCl. The Balaban J connectivity index is 1.42. The summed E-state index contributed by atoms with van der Waals surface area (Å²) in [5.41, 5.74) is 0. The first-order valence-corrected chi connectivity index (χ1v) is 47.6. The van der Waals surface area contributed by atoms with Crippen LogP contribution < -0.4 is 74.4 Å². The fourth-order valence-corrected chi connectivity index (χ4v) is 16.5. The van der Waals surface area contributed by atoms with Gasteiger partial charge < -0.3 is 176 Å². The summed E-state index contributed by atoms with van der Waals surface area (Å²) in [7, 11) is 0. The number of alkyl halides is 14. The molecule has 35 atom stereocenters. The van der Waals surface area contributed by atoms with Crippen LogP contribution in [0.3, 0.4) is 0 Å². The van der Waals surface area contributed by atoms with E-state index in [4.69, 9.17) is 229 Å². The van der Waals surface area contributed by atoms with E-state index in [9.17, 15) is 103 Å². The lowest BCUT2D eigenvalue weighted by atomic mass is 9.91. The number of ether oxygens (including phenoxy) is 14. The zero-order chi connectivity index (χ0) is 97.9. The third kappa shape index (κ3) is 31.2. The summed E-state index contributed by atoms with van der Waals surface area (Å²) in [6, 6.07) is -14.6. The normalized spacial score (nSPS) is 36.3. The number of hydrogen-bond donors (Lipinski definition) is 21. The van der Waals surface area contributed by atoms with E-state index >= 15 is 0 Å². The summed E-state index contributed by atoms with van der Waals surface area (Å²) in [6.45, 7) is -5.88. The van der Waals surface area contributed by atoms with E-state index in [2.05, 4.69) is 74.4 Å². The van der Waals surface area contributed by atoms with Crippen molar-refractivity contribution < 1.29 is 169 Å². The van der Waals surface area contributed by atoms with Gasteiger partial charge in [0, 0.05) is 45.8 Å². The molecular formula is C70H98Cl14N14O35. The molecule has 0 aromatic heterocycles. The van der Waals surface area contributed by atoms with Crippen molar-refractivity contribution in [3.05, 3.63) is 0 Å². The largest absolute Gasteiger partial charge is 0.386 e. The zero-order valence-corrected chi connectivity index (χ0v) is 79.5. The maximum Gasteiger partial charge on any atom is 0.235 e. The van der Waals surface area contributed by atoms with Crippen LogP contribution in [0.15, 0.2) is 0 Å². The van der Waals surface area contributed by atoms with E-state index in [1.807, 2.05) is 0 Å². The van der Waals surface area contributed by atoms with Crippen LogP contribution in [-0.4, -0.2) is 461 Å². The highest BCUT2D eigenvalue weighted by Crippen LogP contribution is 2.40. The number of hydrogen-bond acceptors (Lipinski definition) is 35. The number of nitrogens with one attached hydrogen (secondary N) is 14. The number of amides is 14. The maximum atomic E-state index is 13.9. The number of aliphatic hydroxyl groups is 7. The van der Waals surface area contributed by atoms with Gasteiger partial charge in [0.2, 0.25) is 82.7 Å². The van der Waals surface area contributed by atoms with Crippen LogP contribution in [-0.2, 0) is 133 Å². The zero-order valence-electron chi connectivity index (χ0n) is 68.9. The molecule has 63 heteroatoms. The molecule has 21 heterocycles. The van der Waals surface area contributed by atoms with E-state index in [0.29, 0.717) is 0 Å². The van der Waals surface area contributed by atoms with Gasteiger partial charge in [-0.25, -0.2) is 0 Å². The summed E-state index contributed by atoms with van der Waals surface area (Å²) in [6.07, 6.45) is -61.6. The molecule has 0 spiro atoms. The minimum atomic E-state index is -2.43. The Bertz CT molecular complexity index is 3260. The first-order chi connectivity index (χ1) is 63.4. The number of aliphatic hydroxyl groups excluding tert-OH is 7. The van der Waals surface area contributed by atoms with Crippen molar-refractivity contribution in [2.75, 3.05) is 128 Å². The molecule has 0 aliphatic carbocycles.